The Labute approximate surface area is 99.8 Å². The molecule has 0 atom stereocenters. The van der Waals surface area contributed by atoms with Gasteiger partial charge in [0.2, 0.25) is 0 Å². The number of nitrogens with one attached hydrogen (secondary N) is 1. The van der Waals surface area contributed by atoms with Crippen LogP contribution in [0.5, 0.6) is 0 Å². The third-order valence-electron chi connectivity index (χ3n) is 2.53. The molecule has 3 N–H and O–H groups in total. The molecule has 0 aliphatic heterocycles. The summed E-state index contributed by atoms with van der Waals surface area (Å²) in [6, 6.07) is 0. The van der Waals surface area contributed by atoms with Crippen molar-refractivity contribution in [1.29, 1.82) is 0 Å². The van der Waals surface area contributed by atoms with Crippen molar-refractivity contribution in [3.05, 3.63) is 0 Å². The second-order valence-electron chi connectivity index (χ2n) is 3.99. The van der Waals surface area contributed by atoms with Gasteiger partial charge in [-0.3, -0.25) is 0 Å². The minimum atomic E-state index is 0.727. The van der Waals surface area contributed by atoms with E-state index in [1.807, 2.05) is 0 Å². The molecule has 0 saturated carbocycles. The van der Waals surface area contributed by atoms with Gasteiger partial charge in [-0.1, -0.05) is 51.9 Å². The van der Waals surface area contributed by atoms with Crippen LogP contribution in [0.2, 0.25) is 0 Å². The lowest BCUT2D eigenvalue weighted by atomic mass is 10.1. The zero-order valence-corrected chi connectivity index (χ0v) is 11.1. The molecule has 3 heteroatoms. The molecule has 92 valence electrons. The zero-order chi connectivity index (χ0) is 11.2. The van der Waals surface area contributed by atoms with Gasteiger partial charge in [-0.25, -0.2) is 0 Å². The van der Waals surface area contributed by atoms with Crippen LogP contribution < -0.4 is 11.1 Å². The van der Waals surface area contributed by atoms with Crippen LogP contribution in [0.4, 0.5) is 0 Å². The van der Waals surface area contributed by atoms with Gasteiger partial charge in [0, 0.05) is 11.8 Å². The Morgan fingerprint density at radius 1 is 0.933 bits per heavy atom. The summed E-state index contributed by atoms with van der Waals surface area (Å²) >= 11 is 1.75. The lowest BCUT2D eigenvalue weighted by Gasteiger charge is -2.03. The van der Waals surface area contributed by atoms with Crippen molar-refractivity contribution in [3.8, 4) is 0 Å². The van der Waals surface area contributed by atoms with Gasteiger partial charge in [0.05, 0.1) is 0 Å². The minimum absolute atomic E-state index is 0.727. The number of rotatable bonds is 12. The maximum absolute atomic E-state index is 5.37. The van der Waals surface area contributed by atoms with Gasteiger partial charge >= 0.3 is 0 Å². The molecule has 0 unspecified atom stereocenters. The molecule has 0 aliphatic rings. The highest BCUT2D eigenvalue weighted by atomic mass is 32.2. The lowest BCUT2D eigenvalue weighted by molar-refractivity contribution is 0.566. The molecule has 0 aromatic carbocycles. The van der Waals surface area contributed by atoms with Crippen LogP contribution in [0.25, 0.3) is 0 Å². The van der Waals surface area contributed by atoms with Crippen LogP contribution in [-0.2, 0) is 0 Å². The third kappa shape index (κ3) is 14.3. The molecule has 0 spiro atoms. The summed E-state index contributed by atoms with van der Waals surface area (Å²) in [5.41, 5.74) is 5.37. The van der Waals surface area contributed by atoms with E-state index < -0.39 is 0 Å². The van der Waals surface area contributed by atoms with Crippen LogP contribution in [0, 0.1) is 0 Å². The van der Waals surface area contributed by atoms with Crippen molar-refractivity contribution in [2.45, 2.75) is 58.3 Å². The van der Waals surface area contributed by atoms with Gasteiger partial charge in [-0.15, -0.1) is 11.8 Å². The molecule has 0 fully saturated rings. The highest BCUT2D eigenvalue weighted by Gasteiger charge is 1.91. The van der Waals surface area contributed by atoms with E-state index in [9.17, 15) is 0 Å². The van der Waals surface area contributed by atoms with E-state index in [4.69, 9.17) is 5.73 Å². The van der Waals surface area contributed by atoms with Crippen LogP contribution in [0.3, 0.4) is 0 Å². The molecule has 0 aliphatic carbocycles. The number of hydrogen-bond acceptors (Lipinski definition) is 3. The topological polar surface area (TPSA) is 38.0 Å². The van der Waals surface area contributed by atoms with E-state index in [1.54, 1.807) is 11.8 Å². The smallest absolute Gasteiger partial charge is 0.0430 e. The van der Waals surface area contributed by atoms with Crippen molar-refractivity contribution >= 4 is 11.8 Å². The maximum atomic E-state index is 5.37. The first kappa shape index (κ1) is 15.3. The van der Waals surface area contributed by atoms with E-state index in [-0.39, 0.29) is 0 Å². The van der Waals surface area contributed by atoms with Crippen molar-refractivity contribution in [3.63, 3.8) is 0 Å². The molecule has 0 radical (unpaired) electrons. The first-order valence-electron chi connectivity index (χ1n) is 6.40. The summed E-state index contributed by atoms with van der Waals surface area (Å²) < 4.78 is 0. The third-order valence-corrected chi connectivity index (χ3v) is 3.17. The summed E-state index contributed by atoms with van der Waals surface area (Å²) in [5.74, 6) is 1.73. The summed E-state index contributed by atoms with van der Waals surface area (Å²) in [6.45, 7) is 3.42. The number of unbranched alkanes of at least 4 members (excludes halogenated alkanes) is 7. The molecule has 0 rings (SSSR count). The molecule has 0 heterocycles. The highest BCUT2D eigenvalue weighted by Crippen LogP contribution is 2.07. The SMILES string of the molecule is CCCCCCCCCCNCSCN. The second-order valence-corrected chi connectivity index (χ2v) is 5.02. The average molecular weight is 232 g/mol. The van der Waals surface area contributed by atoms with Crippen molar-refractivity contribution in [2.24, 2.45) is 5.73 Å². The van der Waals surface area contributed by atoms with Crippen LogP contribution in [-0.4, -0.2) is 18.3 Å². The molecular formula is C12H28N2S. The first-order chi connectivity index (χ1) is 7.41. The number of hydrogen-bond donors (Lipinski definition) is 2. The molecule has 2 nitrogen and oxygen atoms in total. The van der Waals surface area contributed by atoms with Gasteiger partial charge < -0.3 is 11.1 Å². The molecule has 0 aromatic rings. The van der Waals surface area contributed by atoms with Crippen LogP contribution >= 0.6 is 11.8 Å². The molecule has 0 aromatic heterocycles. The van der Waals surface area contributed by atoms with Gasteiger partial charge in [-0.05, 0) is 13.0 Å². The second kappa shape index (κ2) is 14.3. The Kier molecular flexibility index (Phi) is 14.5. The van der Waals surface area contributed by atoms with Crippen molar-refractivity contribution in [1.82, 2.24) is 5.32 Å². The predicted octanol–water partition coefficient (Wildman–Crippen LogP) is 3.32. The quantitative estimate of drug-likeness (QED) is 0.400. The Morgan fingerprint density at radius 3 is 2.13 bits per heavy atom. The Morgan fingerprint density at radius 2 is 1.53 bits per heavy atom. The average Bonchev–Trinajstić information content (AvgIpc) is 2.26. The zero-order valence-electron chi connectivity index (χ0n) is 10.3. The fraction of sp³-hybridized carbons (Fsp3) is 1.00. The van der Waals surface area contributed by atoms with E-state index >= 15 is 0 Å². The van der Waals surface area contributed by atoms with Gasteiger partial charge in [0.25, 0.3) is 0 Å². The molecule has 0 bridgehead atoms. The first-order valence-corrected chi connectivity index (χ1v) is 7.55. The normalized spacial score (nSPS) is 10.8. The van der Waals surface area contributed by atoms with Gasteiger partial charge in [-0.2, -0.15) is 0 Å². The maximum Gasteiger partial charge on any atom is 0.0430 e. The molecular weight excluding hydrogens is 204 g/mol. The Balaban J connectivity index is 2.81. The fourth-order valence-electron chi connectivity index (χ4n) is 1.59. The number of nitrogens with two attached hydrogens (primary N) is 1. The molecule has 0 saturated heterocycles. The van der Waals surface area contributed by atoms with E-state index in [1.165, 1.54) is 51.4 Å². The lowest BCUT2D eigenvalue weighted by Crippen LogP contribution is -2.15. The molecule has 0 amide bonds. The van der Waals surface area contributed by atoms with E-state index in [2.05, 4.69) is 12.2 Å². The molecule has 15 heavy (non-hydrogen) atoms. The largest absolute Gasteiger partial charge is 0.322 e. The van der Waals surface area contributed by atoms with Gasteiger partial charge in [0.15, 0.2) is 0 Å². The van der Waals surface area contributed by atoms with Crippen molar-refractivity contribution in [2.75, 3.05) is 18.3 Å². The van der Waals surface area contributed by atoms with Crippen LogP contribution in [0.1, 0.15) is 58.3 Å². The van der Waals surface area contributed by atoms with Crippen LogP contribution in [0.15, 0.2) is 0 Å². The van der Waals surface area contributed by atoms with E-state index in [0.29, 0.717) is 0 Å². The summed E-state index contributed by atoms with van der Waals surface area (Å²) in [4.78, 5) is 0. The Bertz CT molecular complexity index is 97.8. The summed E-state index contributed by atoms with van der Waals surface area (Å²) in [5, 5.41) is 3.38. The summed E-state index contributed by atoms with van der Waals surface area (Å²) in [6.07, 6.45) is 11.2. The Hall–Kier alpha value is 0.270. The monoisotopic (exact) mass is 232 g/mol. The summed E-state index contributed by atoms with van der Waals surface area (Å²) in [7, 11) is 0. The highest BCUT2D eigenvalue weighted by molar-refractivity contribution is 7.99. The van der Waals surface area contributed by atoms with Gasteiger partial charge in [0.1, 0.15) is 0 Å². The van der Waals surface area contributed by atoms with Crippen molar-refractivity contribution < 1.29 is 0 Å². The fourth-order valence-corrected chi connectivity index (χ4v) is 1.99. The number of thioether (sulfide) groups is 1. The minimum Gasteiger partial charge on any atom is -0.322 e. The predicted molar refractivity (Wildman–Crippen MR) is 72.1 cm³/mol. The van der Waals surface area contributed by atoms with E-state index in [0.717, 1.165) is 18.3 Å². The standard InChI is InChI=1S/C12H28N2S/c1-2-3-4-5-6-7-8-9-10-14-12-15-11-13/h14H,2-13H2,1H3.